The van der Waals surface area contributed by atoms with E-state index in [1.807, 2.05) is 0 Å². The van der Waals surface area contributed by atoms with Gasteiger partial charge in [0.05, 0.1) is 16.7 Å². The van der Waals surface area contributed by atoms with Crippen molar-refractivity contribution in [1.29, 1.82) is 5.41 Å². The zero-order valence-corrected chi connectivity index (χ0v) is 7.81. The first-order valence-electron chi connectivity index (χ1n) is 3.27. The monoisotopic (exact) mass is 252 g/mol. The second kappa shape index (κ2) is 4.05. The van der Waals surface area contributed by atoms with Crippen LogP contribution in [0.1, 0.15) is 0 Å². The molecular weight excluding hydrogens is 241 g/mol. The van der Waals surface area contributed by atoms with Crippen molar-refractivity contribution in [3.05, 3.63) is 9.28 Å². The zero-order chi connectivity index (χ0) is 7.40. The van der Waals surface area contributed by atoms with Crippen LogP contribution in [0.3, 0.4) is 0 Å². The lowest BCUT2D eigenvalue weighted by Gasteiger charge is -2.13. The summed E-state index contributed by atoms with van der Waals surface area (Å²) in [5.74, 6) is 0. The highest BCUT2D eigenvalue weighted by atomic mass is 127. The van der Waals surface area contributed by atoms with Crippen LogP contribution in [-0.2, 0) is 0 Å². The van der Waals surface area contributed by atoms with Gasteiger partial charge < -0.3 is 16.0 Å². The number of nitrogens with one attached hydrogen (secondary N) is 2. The first kappa shape index (κ1) is 8.16. The minimum Gasteiger partial charge on any atom is -0.314 e. The molecule has 4 N–H and O–H groups in total. The highest BCUT2D eigenvalue weighted by molar-refractivity contribution is 14.1. The van der Waals surface area contributed by atoms with Crippen molar-refractivity contribution in [2.75, 3.05) is 19.6 Å². The first-order valence-corrected chi connectivity index (χ1v) is 4.35. The Labute approximate surface area is 73.9 Å². The van der Waals surface area contributed by atoms with E-state index in [1.54, 1.807) is 0 Å². The molecule has 1 fully saturated rings. The molecule has 1 aliphatic rings. The van der Waals surface area contributed by atoms with Gasteiger partial charge in [0.1, 0.15) is 5.70 Å². The van der Waals surface area contributed by atoms with Gasteiger partial charge >= 0.3 is 0 Å². The van der Waals surface area contributed by atoms with Crippen molar-refractivity contribution < 1.29 is 5.32 Å². The summed E-state index contributed by atoms with van der Waals surface area (Å²) < 4.78 is 1.05. The molecular formula is C6H11IN3+. The Bertz CT molecular complexity index is 156. The molecule has 0 radical (unpaired) electrons. The molecule has 0 saturated carbocycles. The average molecular weight is 252 g/mol. The lowest BCUT2D eigenvalue weighted by Crippen LogP contribution is -2.87. The SMILES string of the molecule is N=CC(I)=C1CNCC[NH2+]1. The molecule has 0 aromatic rings. The fourth-order valence-electron chi connectivity index (χ4n) is 0.918. The van der Waals surface area contributed by atoms with Crippen LogP contribution < -0.4 is 10.6 Å². The summed E-state index contributed by atoms with van der Waals surface area (Å²) >= 11 is 2.19. The molecule has 4 heteroatoms. The number of hydrogen-bond donors (Lipinski definition) is 3. The Morgan fingerprint density at radius 3 is 3.10 bits per heavy atom. The van der Waals surface area contributed by atoms with Crippen molar-refractivity contribution in [2.45, 2.75) is 0 Å². The molecule has 0 amide bonds. The number of nitrogens with two attached hydrogens (primary N) is 1. The van der Waals surface area contributed by atoms with Crippen molar-refractivity contribution in [3.8, 4) is 0 Å². The zero-order valence-electron chi connectivity index (χ0n) is 5.65. The van der Waals surface area contributed by atoms with Gasteiger partial charge in [0.15, 0.2) is 0 Å². The lowest BCUT2D eigenvalue weighted by atomic mass is 10.3. The van der Waals surface area contributed by atoms with Crippen LogP contribution in [0.25, 0.3) is 0 Å². The normalized spacial score (nSPS) is 24.1. The number of halogens is 1. The summed E-state index contributed by atoms with van der Waals surface area (Å²) in [5, 5.41) is 12.5. The summed E-state index contributed by atoms with van der Waals surface area (Å²) in [7, 11) is 0. The van der Waals surface area contributed by atoms with Gasteiger partial charge in [-0.05, 0) is 22.6 Å². The summed E-state index contributed by atoms with van der Waals surface area (Å²) in [6, 6.07) is 0. The van der Waals surface area contributed by atoms with Crippen LogP contribution in [0, 0.1) is 5.41 Å². The summed E-state index contributed by atoms with van der Waals surface area (Å²) in [5.41, 5.74) is 1.27. The van der Waals surface area contributed by atoms with Crippen LogP contribution >= 0.6 is 22.6 Å². The Balaban J connectivity index is 2.59. The molecule has 1 saturated heterocycles. The van der Waals surface area contributed by atoms with Crippen LogP contribution in [0.4, 0.5) is 0 Å². The fraction of sp³-hybridized carbons (Fsp3) is 0.500. The van der Waals surface area contributed by atoms with Gasteiger partial charge in [0.25, 0.3) is 0 Å². The van der Waals surface area contributed by atoms with E-state index >= 15 is 0 Å². The number of allylic oxidation sites excluding steroid dienone is 1. The maximum Gasteiger partial charge on any atom is 0.135 e. The maximum atomic E-state index is 7.01. The van der Waals surface area contributed by atoms with Gasteiger partial charge in [0.2, 0.25) is 0 Å². The lowest BCUT2D eigenvalue weighted by molar-refractivity contribution is -0.611. The van der Waals surface area contributed by atoms with Crippen LogP contribution in [-0.4, -0.2) is 25.8 Å². The minimum atomic E-state index is 0.924. The Kier molecular flexibility index (Phi) is 3.30. The van der Waals surface area contributed by atoms with Crippen molar-refractivity contribution in [1.82, 2.24) is 5.32 Å². The van der Waals surface area contributed by atoms with Gasteiger partial charge in [-0.15, -0.1) is 0 Å². The van der Waals surface area contributed by atoms with Crippen LogP contribution in [0.15, 0.2) is 9.28 Å². The average Bonchev–Trinajstić information content (AvgIpc) is 2.05. The standard InChI is InChI=1S/C6H10IN3/c7-5(3-8)6-4-9-1-2-10-6/h3,8-10H,1-2,4H2/p+1. The highest BCUT2D eigenvalue weighted by Gasteiger charge is 2.10. The molecule has 10 heavy (non-hydrogen) atoms. The third-order valence-electron chi connectivity index (χ3n) is 1.46. The van der Waals surface area contributed by atoms with Gasteiger partial charge in [-0.25, -0.2) is 0 Å². The smallest absolute Gasteiger partial charge is 0.135 e. The quantitative estimate of drug-likeness (QED) is 0.425. The molecule has 3 nitrogen and oxygen atoms in total. The molecule has 0 aromatic carbocycles. The van der Waals surface area contributed by atoms with E-state index < -0.39 is 0 Å². The fourth-order valence-corrected chi connectivity index (χ4v) is 1.33. The van der Waals surface area contributed by atoms with Crippen LogP contribution in [0.5, 0.6) is 0 Å². The topological polar surface area (TPSA) is 52.5 Å². The van der Waals surface area contributed by atoms with E-state index in [4.69, 9.17) is 5.41 Å². The predicted molar refractivity (Wildman–Crippen MR) is 49.5 cm³/mol. The molecule has 1 aliphatic heterocycles. The van der Waals surface area contributed by atoms with Gasteiger partial charge in [0, 0.05) is 12.8 Å². The third-order valence-corrected chi connectivity index (χ3v) is 2.47. The number of rotatable bonds is 1. The molecule has 56 valence electrons. The first-order chi connectivity index (χ1) is 4.84. The molecule has 0 spiro atoms. The van der Waals surface area contributed by atoms with Crippen LogP contribution in [0.2, 0.25) is 0 Å². The molecule has 1 rings (SSSR count). The number of hydrogen-bond acceptors (Lipinski definition) is 2. The van der Waals surface area contributed by atoms with E-state index in [2.05, 4.69) is 33.2 Å². The second-order valence-electron chi connectivity index (χ2n) is 2.19. The third kappa shape index (κ3) is 2.03. The van der Waals surface area contributed by atoms with E-state index in [-0.39, 0.29) is 0 Å². The van der Waals surface area contributed by atoms with Crippen molar-refractivity contribution in [3.63, 3.8) is 0 Å². The summed E-state index contributed by atoms with van der Waals surface area (Å²) in [6.07, 6.45) is 1.40. The maximum absolute atomic E-state index is 7.01. The summed E-state index contributed by atoms with van der Waals surface area (Å²) in [6.45, 7) is 3.09. The molecule has 0 aromatic heterocycles. The Hall–Kier alpha value is 0.0600. The van der Waals surface area contributed by atoms with E-state index in [9.17, 15) is 0 Å². The molecule has 0 bridgehead atoms. The summed E-state index contributed by atoms with van der Waals surface area (Å²) in [4.78, 5) is 0. The molecule has 0 unspecified atom stereocenters. The number of quaternary nitrogens is 1. The number of piperazine rings is 1. The van der Waals surface area contributed by atoms with Gasteiger partial charge in [-0.3, -0.25) is 0 Å². The van der Waals surface area contributed by atoms with E-state index in [0.29, 0.717) is 0 Å². The van der Waals surface area contributed by atoms with Crippen molar-refractivity contribution >= 4 is 28.8 Å². The molecule has 1 heterocycles. The molecule has 0 atom stereocenters. The largest absolute Gasteiger partial charge is 0.314 e. The minimum absolute atomic E-state index is 0.924. The highest BCUT2D eigenvalue weighted by Crippen LogP contribution is 2.03. The Morgan fingerprint density at radius 2 is 2.60 bits per heavy atom. The second-order valence-corrected chi connectivity index (χ2v) is 3.35. The van der Waals surface area contributed by atoms with Crippen molar-refractivity contribution in [2.24, 2.45) is 0 Å². The Morgan fingerprint density at radius 1 is 1.80 bits per heavy atom. The molecule has 0 aliphatic carbocycles. The van der Waals surface area contributed by atoms with Gasteiger partial charge in [-0.1, -0.05) is 0 Å². The van der Waals surface area contributed by atoms with E-state index in [1.165, 1.54) is 11.9 Å². The van der Waals surface area contributed by atoms with Gasteiger partial charge in [-0.2, -0.15) is 0 Å². The predicted octanol–water partition coefficient (Wildman–Crippen LogP) is -0.551. The van der Waals surface area contributed by atoms with E-state index in [0.717, 1.165) is 23.2 Å².